The average molecular weight is 479 g/mol. The van der Waals surface area contributed by atoms with Gasteiger partial charge in [0, 0.05) is 6.07 Å². The third-order valence-electron chi connectivity index (χ3n) is 4.68. The molecule has 0 aliphatic heterocycles. The average Bonchev–Trinajstić information content (AvgIpc) is 3.29. The number of methoxy groups -OCH3 is 3. The fourth-order valence-electron chi connectivity index (χ4n) is 3.08. The predicted octanol–water partition coefficient (Wildman–Crippen LogP) is 4.01. The van der Waals surface area contributed by atoms with E-state index in [1.807, 2.05) is 18.2 Å². The number of para-hydroxylation sites is 2. The number of carbonyl (C=O) groups is 1. The van der Waals surface area contributed by atoms with Gasteiger partial charge in [-0.25, -0.2) is 0 Å². The number of nitrogens with zero attached hydrogens (tertiary/aromatic N) is 2. The maximum atomic E-state index is 12.5. The number of amides is 1. The van der Waals surface area contributed by atoms with Crippen LogP contribution in [0.25, 0.3) is 6.08 Å². The number of ether oxygens (including phenoxy) is 5. The largest absolute Gasteiger partial charge is 0.493 e. The van der Waals surface area contributed by atoms with E-state index in [9.17, 15) is 10.1 Å². The van der Waals surface area contributed by atoms with E-state index in [0.29, 0.717) is 40.1 Å². The summed E-state index contributed by atoms with van der Waals surface area (Å²) in [5.74, 6) is 2.40. The molecule has 182 valence electrons. The van der Waals surface area contributed by atoms with Crippen molar-refractivity contribution in [2.24, 2.45) is 0 Å². The van der Waals surface area contributed by atoms with Gasteiger partial charge >= 0.3 is 0 Å². The number of nitrogens with one attached hydrogen (secondary N) is 1. The van der Waals surface area contributed by atoms with Crippen molar-refractivity contribution < 1.29 is 33.0 Å². The summed E-state index contributed by atoms with van der Waals surface area (Å²) >= 11 is 0. The van der Waals surface area contributed by atoms with Crippen LogP contribution in [-0.2, 0) is 4.79 Å². The minimum Gasteiger partial charge on any atom is -0.493 e. The summed E-state index contributed by atoms with van der Waals surface area (Å²) in [5.41, 5.74) is 0.355. The molecular formula is C25H25N3O7. The van der Waals surface area contributed by atoms with Crippen molar-refractivity contribution in [1.82, 2.24) is 5.16 Å². The molecule has 1 heterocycles. The van der Waals surface area contributed by atoms with Crippen LogP contribution >= 0.6 is 0 Å². The molecule has 10 heteroatoms. The number of rotatable bonds is 11. The summed E-state index contributed by atoms with van der Waals surface area (Å²) in [6.07, 6.45) is 1.40. The first-order valence-electron chi connectivity index (χ1n) is 10.5. The van der Waals surface area contributed by atoms with Crippen LogP contribution in [0.1, 0.15) is 11.3 Å². The molecule has 0 spiro atoms. The van der Waals surface area contributed by atoms with Crippen LogP contribution in [0.3, 0.4) is 0 Å². The van der Waals surface area contributed by atoms with E-state index in [2.05, 4.69) is 10.5 Å². The quantitative estimate of drug-likeness (QED) is 0.247. The minimum absolute atomic E-state index is 0.145. The maximum Gasteiger partial charge on any atom is 0.267 e. The van der Waals surface area contributed by atoms with E-state index in [-0.39, 0.29) is 24.6 Å². The minimum atomic E-state index is -0.632. The SMILES string of the molecule is COc1ccccc1OCCOc1c(OC)cc(/C=C(/C#N)C(=O)Nc2cc(C)on2)cc1OC. The van der Waals surface area contributed by atoms with Gasteiger partial charge in [0.1, 0.15) is 30.6 Å². The monoisotopic (exact) mass is 479 g/mol. The molecule has 0 bridgehead atoms. The van der Waals surface area contributed by atoms with Gasteiger partial charge in [0.05, 0.1) is 21.3 Å². The standard InChI is InChI=1S/C25H25N3O7/c1-16-11-23(28-35-16)27-25(29)18(15-26)12-17-13-21(31-3)24(22(14-17)32-4)34-10-9-33-20-8-6-5-7-19(20)30-2/h5-8,11-14H,9-10H2,1-4H3,(H,27,28,29)/b18-12-. The van der Waals surface area contributed by atoms with Gasteiger partial charge in [0.2, 0.25) is 5.75 Å². The molecule has 0 radical (unpaired) electrons. The van der Waals surface area contributed by atoms with E-state index in [1.165, 1.54) is 20.3 Å². The van der Waals surface area contributed by atoms with Gasteiger partial charge < -0.3 is 33.5 Å². The van der Waals surface area contributed by atoms with Crippen molar-refractivity contribution in [3.63, 3.8) is 0 Å². The zero-order valence-electron chi connectivity index (χ0n) is 19.8. The molecule has 10 nitrogen and oxygen atoms in total. The van der Waals surface area contributed by atoms with Crippen molar-refractivity contribution in [3.05, 3.63) is 59.4 Å². The Labute approximate surface area is 202 Å². The number of hydrogen-bond acceptors (Lipinski definition) is 9. The number of aromatic nitrogens is 1. The summed E-state index contributed by atoms with van der Waals surface area (Å²) in [6.45, 7) is 2.13. The van der Waals surface area contributed by atoms with Crippen molar-refractivity contribution in [2.45, 2.75) is 6.92 Å². The summed E-state index contributed by atoms with van der Waals surface area (Å²) < 4.78 is 32.7. The second-order valence-electron chi connectivity index (χ2n) is 7.05. The highest BCUT2D eigenvalue weighted by molar-refractivity contribution is 6.09. The summed E-state index contributed by atoms with van der Waals surface area (Å²) in [5, 5.41) is 15.7. The van der Waals surface area contributed by atoms with E-state index >= 15 is 0 Å². The molecule has 35 heavy (non-hydrogen) atoms. The Hall–Kier alpha value is -4.65. The highest BCUT2D eigenvalue weighted by Crippen LogP contribution is 2.39. The van der Waals surface area contributed by atoms with Crippen LogP contribution in [0.4, 0.5) is 5.82 Å². The first kappa shape index (κ1) is 25.0. The lowest BCUT2D eigenvalue weighted by Crippen LogP contribution is -2.13. The molecule has 1 N–H and O–H groups in total. The first-order valence-corrected chi connectivity index (χ1v) is 10.5. The number of benzene rings is 2. The molecule has 0 aliphatic carbocycles. The van der Waals surface area contributed by atoms with Crippen LogP contribution in [0, 0.1) is 18.3 Å². The molecule has 0 fully saturated rings. The zero-order chi connectivity index (χ0) is 25.2. The fourth-order valence-corrected chi connectivity index (χ4v) is 3.08. The van der Waals surface area contributed by atoms with Crippen molar-refractivity contribution in [3.8, 4) is 34.8 Å². The van der Waals surface area contributed by atoms with Crippen LogP contribution in [-0.4, -0.2) is 45.6 Å². The molecule has 1 aromatic heterocycles. The topological polar surface area (TPSA) is 125 Å². The van der Waals surface area contributed by atoms with E-state index in [1.54, 1.807) is 44.4 Å². The third-order valence-corrected chi connectivity index (χ3v) is 4.68. The Morgan fingerprint density at radius 2 is 1.63 bits per heavy atom. The molecule has 0 saturated heterocycles. The van der Waals surface area contributed by atoms with Crippen LogP contribution in [0.5, 0.6) is 28.7 Å². The zero-order valence-corrected chi connectivity index (χ0v) is 19.8. The molecule has 0 atom stereocenters. The Kier molecular flexibility index (Phi) is 8.56. The Balaban J connectivity index is 1.74. The lowest BCUT2D eigenvalue weighted by Gasteiger charge is -2.16. The first-order chi connectivity index (χ1) is 17.0. The summed E-state index contributed by atoms with van der Waals surface area (Å²) in [4.78, 5) is 12.5. The maximum absolute atomic E-state index is 12.5. The summed E-state index contributed by atoms with van der Waals surface area (Å²) in [6, 6.07) is 14.0. The van der Waals surface area contributed by atoms with Crippen LogP contribution in [0.15, 0.2) is 52.6 Å². The van der Waals surface area contributed by atoms with Gasteiger partial charge in [-0.1, -0.05) is 17.3 Å². The second-order valence-corrected chi connectivity index (χ2v) is 7.05. The van der Waals surface area contributed by atoms with E-state index < -0.39 is 5.91 Å². The highest BCUT2D eigenvalue weighted by atomic mass is 16.6. The third kappa shape index (κ3) is 6.45. The van der Waals surface area contributed by atoms with Crippen LogP contribution in [0.2, 0.25) is 0 Å². The summed E-state index contributed by atoms with van der Waals surface area (Å²) in [7, 11) is 4.53. The predicted molar refractivity (Wildman–Crippen MR) is 127 cm³/mol. The number of hydrogen-bond donors (Lipinski definition) is 1. The Bertz CT molecular complexity index is 1220. The van der Waals surface area contributed by atoms with Gasteiger partial charge in [0.25, 0.3) is 5.91 Å². The van der Waals surface area contributed by atoms with Crippen molar-refractivity contribution >= 4 is 17.8 Å². The highest BCUT2D eigenvalue weighted by Gasteiger charge is 2.17. The molecule has 3 aromatic rings. The smallest absolute Gasteiger partial charge is 0.267 e. The van der Waals surface area contributed by atoms with Gasteiger partial charge in [-0.15, -0.1) is 0 Å². The molecule has 3 rings (SSSR count). The molecule has 2 aromatic carbocycles. The lowest BCUT2D eigenvalue weighted by atomic mass is 10.1. The number of aryl methyl sites for hydroxylation is 1. The van der Waals surface area contributed by atoms with Crippen LogP contribution < -0.4 is 29.0 Å². The van der Waals surface area contributed by atoms with E-state index in [0.717, 1.165) is 0 Å². The van der Waals surface area contributed by atoms with Crippen molar-refractivity contribution in [1.29, 1.82) is 5.26 Å². The molecule has 1 amide bonds. The van der Waals surface area contributed by atoms with Gasteiger partial charge in [0.15, 0.2) is 28.8 Å². The van der Waals surface area contributed by atoms with Crippen molar-refractivity contribution in [2.75, 3.05) is 39.9 Å². The number of nitriles is 1. The second kappa shape index (κ2) is 12.0. The number of anilines is 1. The molecule has 0 unspecified atom stereocenters. The Morgan fingerprint density at radius 3 is 2.20 bits per heavy atom. The van der Waals surface area contributed by atoms with Gasteiger partial charge in [-0.05, 0) is 42.8 Å². The molecular weight excluding hydrogens is 454 g/mol. The molecule has 0 saturated carbocycles. The van der Waals surface area contributed by atoms with Gasteiger partial charge in [-0.3, -0.25) is 4.79 Å². The van der Waals surface area contributed by atoms with E-state index in [4.69, 9.17) is 28.2 Å². The van der Waals surface area contributed by atoms with Gasteiger partial charge in [-0.2, -0.15) is 5.26 Å². The number of carbonyl (C=O) groups excluding carboxylic acids is 1. The fraction of sp³-hybridized carbons (Fsp3) is 0.240. The lowest BCUT2D eigenvalue weighted by molar-refractivity contribution is -0.112. The normalized spacial score (nSPS) is 10.8. The molecule has 0 aliphatic rings. The Morgan fingerprint density at radius 1 is 1.00 bits per heavy atom.